The van der Waals surface area contributed by atoms with Crippen molar-refractivity contribution in [3.05, 3.63) is 44.0 Å². The van der Waals surface area contributed by atoms with Crippen LogP contribution in [0, 0.1) is 26.1 Å². The highest BCUT2D eigenvalue weighted by molar-refractivity contribution is 5.69. The molecule has 0 atom stereocenters. The lowest BCUT2D eigenvalue weighted by atomic mass is 10.0. The number of nitro groups is 2. The van der Waals surface area contributed by atoms with Gasteiger partial charge in [0.15, 0.2) is 0 Å². The van der Waals surface area contributed by atoms with Gasteiger partial charge in [0.2, 0.25) is 0 Å². The monoisotopic (exact) mass is 322 g/mol. The zero-order chi connectivity index (χ0) is 16.8. The zero-order valence-corrected chi connectivity index (χ0v) is 12.6. The van der Waals surface area contributed by atoms with Gasteiger partial charge in [-0.2, -0.15) is 0 Å². The van der Waals surface area contributed by atoms with E-state index in [-0.39, 0.29) is 18.1 Å². The molecule has 124 valence electrons. The normalized spacial score (nSPS) is 14.6. The number of rotatable bonds is 7. The second kappa shape index (κ2) is 7.66. The molecule has 2 rings (SSSR count). The Hall–Kier alpha value is -2.51. The Labute approximate surface area is 132 Å². The zero-order valence-electron chi connectivity index (χ0n) is 12.6. The Bertz CT molecular complexity index is 578. The Morgan fingerprint density at radius 3 is 2.17 bits per heavy atom. The van der Waals surface area contributed by atoms with E-state index in [1.54, 1.807) is 0 Å². The maximum absolute atomic E-state index is 11.7. The molecule has 1 saturated carbocycles. The number of ether oxygens (including phenoxy) is 1. The first kappa shape index (κ1) is 16.9. The van der Waals surface area contributed by atoms with Crippen LogP contribution < -0.4 is 0 Å². The van der Waals surface area contributed by atoms with Crippen molar-refractivity contribution in [2.24, 2.45) is 5.92 Å². The van der Waals surface area contributed by atoms with Crippen LogP contribution in [-0.2, 0) is 16.1 Å². The molecule has 0 spiro atoms. The summed E-state index contributed by atoms with van der Waals surface area (Å²) in [5.41, 5.74) is -0.549. The third kappa shape index (κ3) is 5.01. The van der Waals surface area contributed by atoms with Crippen molar-refractivity contribution in [1.82, 2.24) is 0 Å². The summed E-state index contributed by atoms with van der Waals surface area (Å²) < 4.78 is 5.07. The molecule has 0 unspecified atom stereocenters. The molecule has 0 heterocycles. The lowest BCUT2D eigenvalue weighted by molar-refractivity contribution is -0.394. The molecule has 1 aromatic rings. The van der Waals surface area contributed by atoms with Crippen molar-refractivity contribution >= 4 is 17.3 Å². The molecule has 8 heteroatoms. The topological polar surface area (TPSA) is 113 Å². The third-order valence-corrected chi connectivity index (χ3v) is 4.02. The van der Waals surface area contributed by atoms with Gasteiger partial charge in [-0.1, -0.05) is 25.7 Å². The largest absolute Gasteiger partial charge is 0.461 e. The first-order valence-electron chi connectivity index (χ1n) is 7.54. The van der Waals surface area contributed by atoms with Crippen molar-refractivity contribution in [3.63, 3.8) is 0 Å². The predicted molar refractivity (Wildman–Crippen MR) is 80.7 cm³/mol. The first-order chi connectivity index (χ1) is 11.0. The highest BCUT2D eigenvalue weighted by Gasteiger charge is 2.19. The number of carbonyl (C=O) groups excluding carboxylic acids is 1. The van der Waals surface area contributed by atoms with Gasteiger partial charge < -0.3 is 4.74 Å². The van der Waals surface area contributed by atoms with Crippen LogP contribution >= 0.6 is 0 Å². The molecule has 23 heavy (non-hydrogen) atoms. The molecule has 0 N–H and O–H groups in total. The number of nitro benzene ring substituents is 2. The lowest BCUT2D eigenvalue weighted by Crippen LogP contribution is -2.07. The van der Waals surface area contributed by atoms with Gasteiger partial charge in [0, 0.05) is 24.1 Å². The van der Waals surface area contributed by atoms with Gasteiger partial charge in [0.05, 0.1) is 15.9 Å². The van der Waals surface area contributed by atoms with Crippen LogP contribution in [0.2, 0.25) is 0 Å². The minimum Gasteiger partial charge on any atom is -0.461 e. The van der Waals surface area contributed by atoms with E-state index in [4.69, 9.17) is 4.74 Å². The van der Waals surface area contributed by atoms with Crippen molar-refractivity contribution in [1.29, 1.82) is 0 Å². The summed E-state index contributed by atoms with van der Waals surface area (Å²) in [7, 11) is 0. The van der Waals surface area contributed by atoms with E-state index >= 15 is 0 Å². The summed E-state index contributed by atoms with van der Waals surface area (Å²) in [4.78, 5) is 31.9. The molecular weight excluding hydrogens is 304 g/mol. The van der Waals surface area contributed by atoms with Crippen LogP contribution in [0.25, 0.3) is 0 Å². The second-order valence-electron chi connectivity index (χ2n) is 5.72. The number of benzene rings is 1. The van der Waals surface area contributed by atoms with Crippen molar-refractivity contribution in [2.45, 2.75) is 45.1 Å². The summed E-state index contributed by atoms with van der Waals surface area (Å²) in [5, 5.41) is 21.6. The second-order valence-corrected chi connectivity index (χ2v) is 5.72. The predicted octanol–water partition coefficient (Wildman–Crippen LogP) is 3.52. The number of hydrogen-bond acceptors (Lipinski definition) is 6. The standard InChI is InChI=1S/C15H18N2O6/c18-15(6-5-11-3-1-2-4-11)23-10-12-7-13(16(19)20)9-14(8-12)17(21)22/h7-9,11H,1-6,10H2. The van der Waals surface area contributed by atoms with E-state index in [0.29, 0.717) is 12.3 Å². The quantitative estimate of drug-likeness (QED) is 0.431. The summed E-state index contributed by atoms with van der Waals surface area (Å²) in [6, 6.07) is 3.24. The van der Waals surface area contributed by atoms with Gasteiger partial charge in [0.25, 0.3) is 11.4 Å². The molecule has 0 aromatic heterocycles. The molecule has 1 fully saturated rings. The average molecular weight is 322 g/mol. The molecule has 1 aliphatic carbocycles. The maximum Gasteiger partial charge on any atom is 0.306 e. The van der Waals surface area contributed by atoms with Gasteiger partial charge in [-0.3, -0.25) is 25.0 Å². The summed E-state index contributed by atoms with van der Waals surface area (Å²) >= 11 is 0. The van der Waals surface area contributed by atoms with E-state index in [1.807, 2.05) is 0 Å². The van der Waals surface area contributed by atoms with E-state index < -0.39 is 21.2 Å². The van der Waals surface area contributed by atoms with Crippen molar-refractivity contribution in [3.8, 4) is 0 Å². The minimum atomic E-state index is -0.710. The number of esters is 1. The van der Waals surface area contributed by atoms with Crippen molar-refractivity contribution in [2.75, 3.05) is 0 Å². The molecule has 8 nitrogen and oxygen atoms in total. The SMILES string of the molecule is O=C(CCC1CCCC1)OCc1cc([N+](=O)[O-])cc([N+](=O)[O-])c1. The van der Waals surface area contributed by atoms with Gasteiger partial charge in [-0.05, 0) is 12.3 Å². The lowest BCUT2D eigenvalue weighted by Gasteiger charge is -2.08. The van der Waals surface area contributed by atoms with Gasteiger partial charge in [-0.15, -0.1) is 0 Å². The van der Waals surface area contributed by atoms with Crippen molar-refractivity contribution < 1.29 is 19.4 Å². The molecule has 0 radical (unpaired) electrons. The number of hydrogen-bond donors (Lipinski definition) is 0. The molecule has 0 amide bonds. The Morgan fingerprint density at radius 1 is 1.09 bits per heavy atom. The molecule has 0 saturated heterocycles. The van der Waals surface area contributed by atoms with Gasteiger partial charge in [0.1, 0.15) is 6.61 Å². The van der Waals surface area contributed by atoms with Crippen LogP contribution in [0.4, 0.5) is 11.4 Å². The van der Waals surface area contributed by atoms with Crippen LogP contribution in [0.5, 0.6) is 0 Å². The fourth-order valence-electron chi connectivity index (χ4n) is 2.81. The van der Waals surface area contributed by atoms with Crippen LogP contribution in [0.1, 0.15) is 44.1 Å². The Kier molecular flexibility index (Phi) is 5.61. The Balaban J connectivity index is 1.92. The maximum atomic E-state index is 11.7. The molecular formula is C15H18N2O6. The molecule has 0 aliphatic heterocycles. The number of nitrogens with zero attached hydrogens (tertiary/aromatic N) is 2. The first-order valence-corrected chi connectivity index (χ1v) is 7.54. The molecule has 1 aromatic carbocycles. The highest BCUT2D eigenvalue weighted by atomic mass is 16.6. The van der Waals surface area contributed by atoms with Crippen LogP contribution in [0.15, 0.2) is 18.2 Å². The highest BCUT2D eigenvalue weighted by Crippen LogP contribution is 2.28. The third-order valence-electron chi connectivity index (χ3n) is 4.02. The Morgan fingerprint density at radius 2 is 1.65 bits per heavy atom. The van der Waals surface area contributed by atoms with E-state index in [9.17, 15) is 25.0 Å². The fraction of sp³-hybridized carbons (Fsp3) is 0.533. The van der Waals surface area contributed by atoms with Crippen LogP contribution in [0.3, 0.4) is 0 Å². The molecule has 1 aliphatic rings. The van der Waals surface area contributed by atoms with E-state index in [0.717, 1.165) is 25.3 Å². The average Bonchev–Trinajstić information content (AvgIpc) is 3.04. The van der Waals surface area contributed by atoms with Gasteiger partial charge >= 0.3 is 5.97 Å². The summed E-state index contributed by atoms with van der Waals surface area (Å²) in [6.07, 6.45) is 5.79. The van der Waals surface area contributed by atoms with Crippen LogP contribution in [-0.4, -0.2) is 15.8 Å². The van der Waals surface area contributed by atoms with Gasteiger partial charge in [-0.25, -0.2) is 0 Å². The smallest absolute Gasteiger partial charge is 0.306 e. The van der Waals surface area contributed by atoms with E-state index in [2.05, 4.69) is 0 Å². The fourth-order valence-corrected chi connectivity index (χ4v) is 2.81. The molecule has 0 bridgehead atoms. The van der Waals surface area contributed by atoms with E-state index in [1.165, 1.54) is 25.0 Å². The number of non-ortho nitro benzene ring substituents is 2. The summed E-state index contributed by atoms with van der Waals surface area (Å²) in [5.74, 6) is 0.188. The number of carbonyl (C=O) groups is 1. The minimum absolute atomic E-state index is 0.202. The summed E-state index contributed by atoms with van der Waals surface area (Å²) in [6.45, 7) is -0.202.